The van der Waals surface area contributed by atoms with Gasteiger partial charge in [-0.3, -0.25) is 4.79 Å². The standard InChI is InChI=1S/C22H27N3O3S2/c1-13(2)10-20(22(26)24-18-8-6-14(3)11-15(18)4)25-30(27,28)17-7-9-19-21(12-17)29-16(5)23-19/h6-9,11-13,20,25H,10H2,1-5H3,(H,24,26)/t20-/m0/s1. The number of thiazole rings is 1. The Bertz CT molecular complexity index is 1180. The predicted octanol–water partition coefficient (Wildman–Crippen LogP) is 4.55. The predicted molar refractivity (Wildman–Crippen MR) is 122 cm³/mol. The van der Waals surface area contributed by atoms with Crippen LogP contribution in [-0.4, -0.2) is 25.4 Å². The Morgan fingerprint density at radius 1 is 1.10 bits per heavy atom. The molecule has 0 spiro atoms. The fraction of sp³-hybridized carbons (Fsp3) is 0.364. The van der Waals surface area contributed by atoms with Crippen molar-refractivity contribution < 1.29 is 13.2 Å². The second-order valence-corrected chi connectivity index (χ2v) is 10.9. The van der Waals surface area contributed by atoms with Gasteiger partial charge < -0.3 is 5.32 Å². The molecule has 3 rings (SSSR count). The minimum absolute atomic E-state index is 0.131. The number of nitrogens with one attached hydrogen (secondary N) is 2. The van der Waals surface area contributed by atoms with E-state index in [9.17, 15) is 13.2 Å². The molecule has 0 unspecified atom stereocenters. The van der Waals surface area contributed by atoms with Gasteiger partial charge in [-0.25, -0.2) is 13.4 Å². The molecule has 0 saturated heterocycles. The fourth-order valence-electron chi connectivity index (χ4n) is 3.30. The first-order chi connectivity index (χ1) is 14.0. The average Bonchev–Trinajstić information content (AvgIpc) is 3.02. The van der Waals surface area contributed by atoms with Crippen LogP contribution in [0.15, 0.2) is 41.3 Å². The van der Waals surface area contributed by atoms with E-state index in [-0.39, 0.29) is 16.7 Å². The Labute approximate surface area is 181 Å². The molecule has 0 aliphatic heterocycles. The number of sulfonamides is 1. The molecule has 3 aromatic rings. The minimum Gasteiger partial charge on any atom is -0.324 e. The third kappa shape index (κ3) is 5.24. The summed E-state index contributed by atoms with van der Waals surface area (Å²) in [7, 11) is -3.87. The molecule has 2 aromatic carbocycles. The zero-order chi connectivity index (χ0) is 22.1. The van der Waals surface area contributed by atoms with Gasteiger partial charge in [-0.2, -0.15) is 4.72 Å². The fourth-order valence-corrected chi connectivity index (χ4v) is 5.47. The zero-order valence-electron chi connectivity index (χ0n) is 17.8. The number of carbonyl (C=O) groups is 1. The maximum atomic E-state index is 13.0. The SMILES string of the molecule is Cc1ccc(NC(=O)[C@H](CC(C)C)NS(=O)(=O)c2ccc3nc(C)sc3c2)c(C)c1. The van der Waals surface area contributed by atoms with Crippen LogP contribution < -0.4 is 10.0 Å². The highest BCUT2D eigenvalue weighted by molar-refractivity contribution is 7.89. The summed E-state index contributed by atoms with van der Waals surface area (Å²) in [5.41, 5.74) is 3.47. The lowest BCUT2D eigenvalue weighted by Crippen LogP contribution is -2.44. The Kier molecular flexibility index (Phi) is 6.59. The first kappa shape index (κ1) is 22.4. The summed E-state index contributed by atoms with van der Waals surface area (Å²) in [4.78, 5) is 17.5. The summed E-state index contributed by atoms with van der Waals surface area (Å²) in [5, 5.41) is 3.75. The van der Waals surface area contributed by atoms with Gasteiger partial charge in [0.05, 0.1) is 20.1 Å². The van der Waals surface area contributed by atoms with E-state index in [0.29, 0.717) is 12.1 Å². The zero-order valence-corrected chi connectivity index (χ0v) is 19.4. The van der Waals surface area contributed by atoms with Gasteiger partial charge in [0.15, 0.2) is 0 Å². The van der Waals surface area contributed by atoms with Crippen LogP contribution in [0.2, 0.25) is 0 Å². The summed E-state index contributed by atoms with van der Waals surface area (Å²) in [6.07, 6.45) is 0.387. The minimum atomic E-state index is -3.87. The van der Waals surface area contributed by atoms with Gasteiger partial charge in [-0.05, 0) is 62.9 Å². The summed E-state index contributed by atoms with van der Waals surface area (Å²) in [5.74, 6) is -0.233. The molecule has 0 radical (unpaired) electrons. The Hall–Kier alpha value is -2.29. The molecule has 30 heavy (non-hydrogen) atoms. The molecule has 0 bridgehead atoms. The van der Waals surface area contributed by atoms with Gasteiger partial charge in [-0.15, -0.1) is 11.3 Å². The molecule has 2 N–H and O–H groups in total. The summed E-state index contributed by atoms with van der Waals surface area (Å²) < 4.78 is 29.5. The Morgan fingerprint density at radius 3 is 2.50 bits per heavy atom. The van der Waals surface area contributed by atoms with Crippen molar-refractivity contribution in [1.82, 2.24) is 9.71 Å². The summed E-state index contributed by atoms with van der Waals surface area (Å²) >= 11 is 1.44. The maximum Gasteiger partial charge on any atom is 0.242 e. The maximum absolute atomic E-state index is 13.0. The molecule has 1 atom stereocenters. The molecule has 1 amide bonds. The van der Waals surface area contributed by atoms with Crippen molar-refractivity contribution in [3.8, 4) is 0 Å². The molecule has 160 valence electrons. The van der Waals surface area contributed by atoms with E-state index in [1.165, 1.54) is 17.4 Å². The van der Waals surface area contributed by atoms with Crippen LogP contribution in [-0.2, 0) is 14.8 Å². The number of anilines is 1. The molecular weight excluding hydrogens is 418 g/mol. The smallest absolute Gasteiger partial charge is 0.242 e. The van der Waals surface area contributed by atoms with Crippen LogP contribution >= 0.6 is 11.3 Å². The number of rotatable bonds is 7. The third-order valence-electron chi connectivity index (χ3n) is 4.74. The molecular formula is C22H27N3O3S2. The van der Waals surface area contributed by atoms with E-state index in [1.54, 1.807) is 12.1 Å². The van der Waals surface area contributed by atoms with Crippen molar-refractivity contribution in [2.24, 2.45) is 5.92 Å². The van der Waals surface area contributed by atoms with Crippen molar-refractivity contribution in [1.29, 1.82) is 0 Å². The molecule has 0 aliphatic rings. The summed E-state index contributed by atoms with van der Waals surface area (Å²) in [6, 6.07) is 9.67. The second-order valence-electron chi connectivity index (χ2n) is 7.97. The third-order valence-corrected chi connectivity index (χ3v) is 7.14. The number of benzene rings is 2. The van der Waals surface area contributed by atoms with Crippen LogP contribution in [0.1, 0.15) is 36.4 Å². The number of hydrogen-bond donors (Lipinski definition) is 2. The number of aryl methyl sites for hydroxylation is 3. The van der Waals surface area contributed by atoms with Crippen LogP contribution in [0.25, 0.3) is 10.2 Å². The number of aromatic nitrogens is 1. The molecule has 1 aromatic heterocycles. The van der Waals surface area contributed by atoms with Gasteiger partial charge in [-0.1, -0.05) is 31.5 Å². The first-order valence-electron chi connectivity index (χ1n) is 9.83. The highest BCUT2D eigenvalue weighted by Crippen LogP contribution is 2.25. The van der Waals surface area contributed by atoms with Crippen molar-refractivity contribution in [2.45, 2.75) is 52.0 Å². The van der Waals surface area contributed by atoms with Crippen molar-refractivity contribution in [3.63, 3.8) is 0 Å². The van der Waals surface area contributed by atoms with E-state index < -0.39 is 16.1 Å². The Balaban J connectivity index is 1.85. The van der Waals surface area contributed by atoms with Gasteiger partial charge in [0.1, 0.15) is 6.04 Å². The highest BCUT2D eigenvalue weighted by atomic mass is 32.2. The lowest BCUT2D eigenvalue weighted by molar-refractivity contribution is -0.118. The summed E-state index contributed by atoms with van der Waals surface area (Å²) in [6.45, 7) is 9.69. The number of carbonyl (C=O) groups excluding carboxylic acids is 1. The van der Waals surface area contributed by atoms with E-state index in [1.807, 2.05) is 52.8 Å². The van der Waals surface area contributed by atoms with Crippen molar-refractivity contribution >= 4 is 43.2 Å². The highest BCUT2D eigenvalue weighted by Gasteiger charge is 2.27. The van der Waals surface area contributed by atoms with Gasteiger partial charge in [0.25, 0.3) is 0 Å². The largest absolute Gasteiger partial charge is 0.324 e. The number of amides is 1. The van der Waals surface area contributed by atoms with Gasteiger partial charge in [0.2, 0.25) is 15.9 Å². The number of hydrogen-bond acceptors (Lipinski definition) is 5. The van der Waals surface area contributed by atoms with Crippen LogP contribution in [0, 0.1) is 26.7 Å². The number of nitrogens with zero attached hydrogens (tertiary/aromatic N) is 1. The Morgan fingerprint density at radius 2 is 1.83 bits per heavy atom. The monoisotopic (exact) mass is 445 g/mol. The molecule has 0 saturated carbocycles. The first-order valence-corrected chi connectivity index (χ1v) is 12.1. The molecule has 8 heteroatoms. The molecule has 0 aliphatic carbocycles. The molecule has 6 nitrogen and oxygen atoms in total. The average molecular weight is 446 g/mol. The molecule has 1 heterocycles. The van der Waals surface area contributed by atoms with E-state index in [4.69, 9.17) is 0 Å². The quantitative estimate of drug-likeness (QED) is 0.558. The van der Waals surface area contributed by atoms with Crippen LogP contribution in [0.5, 0.6) is 0 Å². The topological polar surface area (TPSA) is 88.2 Å². The van der Waals surface area contributed by atoms with Crippen LogP contribution in [0.4, 0.5) is 5.69 Å². The lowest BCUT2D eigenvalue weighted by atomic mass is 10.0. The lowest BCUT2D eigenvalue weighted by Gasteiger charge is -2.21. The van der Waals surface area contributed by atoms with Crippen molar-refractivity contribution in [3.05, 3.63) is 52.5 Å². The molecule has 0 fully saturated rings. The van der Waals surface area contributed by atoms with Crippen molar-refractivity contribution in [2.75, 3.05) is 5.32 Å². The van der Waals surface area contributed by atoms with E-state index in [0.717, 1.165) is 26.4 Å². The normalized spacial score (nSPS) is 13.0. The van der Waals surface area contributed by atoms with Gasteiger partial charge in [0, 0.05) is 5.69 Å². The van der Waals surface area contributed by atoms with E-state index in [2.05, 4.69) is 15.0 Å². The van der Waals surface area contributed by atoms with E-state index >= 15 is 0 Å². The van der Waals surface area contributed by atoms with Crippen LogP contribution in [0.3, 0.4) is 0 Å². The number of fused-ring (bicyclic) bond motifs is 1. The van der Waals surface area contributed by atoms with Gasteiger partial charge >= 0.3 is 0 Å². The second kappa shape index (κ2) is 8.83.